The van der Waals surface area contributed by atoms with Crippen molar-refractivity contribution >= 4 is 69.7 Å². The molecule has 1 unspecified atom stereocenters. The van der Waals surface area contributed by atoms with Gasteiger partial charge in [-0.25, -0.2) is 14.2 Å². The summed E-state index contributed by atoms with van der Waals surface area (Å²) >= 11 is 12.9. The molecular formula is C21H17Cl2FN4O3S. The van der Waals surface area contributed by atoms with Crippen molar-refractivity contribution in [3.8, 4) is 0 Å². The van der Waals surface area contributed by atoms with Crippen LogP contribution in [0.25, 0.3) is 6.08 Å². The Morgan fingerprint density at radius 3 is 2.56 bits per heavy atom. The lowest BCUT2D eigenvalue weighted by atomic mass is 10.2. The lowest BCUT2D eigenvalue weighted by Gasteiger charge is -2.20. The van der Waals surface area contributed by atoms with Gasteiger partial charge in [-0.05, 0) is 42.8 Å². The highest BCUT2D eigenvalue weighted by Gasteiger charge is 2.35. The Balaban J connectivity index is 1.97. The number of aliphatic imine (C=N–C) groups is 1. The minimum absolute atomic E-state index is 0.0137. The van der Waals surface area contributed by atoms with Crippen LogP contribution in [0.4, 0.5) is 14.9 Å². The van der Waals surface area contributed by atoms with Gasteiger partial charge in [-0.3, -0.25) is 19.8 Å². The highest BCUT2D eigenvalue weighted by atomic mass is 35.5. The van der Waals surface area contributed by atoms with E-state index < -0.39 is 28.9 Å². The van der Waals surface area contributed by atoms with Gasteiger partial charge in [-0.15, -0.1) is 0 Å². The quantitative estimate of drug-likeness (QED) is 0.614. The molecule has 0 bridgehead atoms. The number of rotatable bonds is 4. The molecule has 1 aliphatic heterocycles. The number of anilines is 1. The second-order valence-electron chi connectivity index (χ2n) is 6.52. The Kier molecular flexibility index (Phi) is 7.55. The molecule has 3 rings (SSSR count). The average Bonchev–Trinajstić information content (AvgIpc) is 3.05. The molecule has 0 saturated carbocycles. The fourth-order valence-corrected chi connectivity index (χ4v) is 3.89. The van der Waals surface area contributed by atoms with E-state index in [1.807, 2.05) is 0 Å². The summed E-state index contributed by atoms with van der Waals surface area (Å²) in [5, 5.41) is 4.38. The number of halogens is 3. The van der Waals surface area contributed by atoms with E-state index in [1.165, 1.54) is 38.2 Å². The summed E-state index contributed by atoms with van der Waals surface area (Å²) in [4.78, 5) is 42.3. The minimum Gasteiger partial charge on any atom is -0.341 e. The van der Waals surface area contributed by atoms with E-state index in [0.29, 0.717) is 15.6 Å². The van der Waals surface area contributed by atoms with Gasteiger partial charge in [0.25, 0.3) is 5.91 Å². The summed E-state index contributed by atoms with van der Waals surface area (Å²) in [7, 11) is 1.38. The van der Waals surface area contributed by atoms with E-state index in [9.17, 15) is 18.8 Å². The number of urea groups is 1. The zero-order valence-electron chi connectivity index (χ0n) is 16.9. The number of benzene rings is 2. The van der Waals surface area contributed by atoms with Gasteiger partial charge in [0.15, 0.2) is 5.17 Å². The zero-order chi connectivity index (χ0) is 23.4. The van der Waals surface area contributed by atoms with Crippen LogP contribution in [0.2, 0.25) is 10.0 Å². The van der Waals surface area contributed by atoms with E-state index in [1.54, 1.807) is 24.3 Å². The summed E-state index contributed by atoms with van der Waals surface area (Å²) in [6, 6.07) is 9.85. The Hall–Kier alpha value is -2.88. The molecule has 0 aromatic heterocycles. The highest BCUT2D eigenvalue weighted by molar-refractivity contribution is 8.15. The standard InChI is InChI=1S/C21H17Cl2FN4O3S/c1-11(18(29)27-20(31)25-2)32-21-26-16(10-12-7-8-13(22)14(23)9-12)19(30)28(21)17-6-4-3-5-15(17)24/h3-11H,1-2H3,(H2,25,27,29,31)/b16-10-. The van der Waals surface area contributed by atoms with E-state index in [2.05, 4.69) is 15.6 Å². The van der Waals surface area contributed by atoms with Crippen LogP contribution >= 0.6 is 35.0 Å². The van der Waals surface area contributed by atoms with Gasteiger partial charge in [0.1, 0.15) is 11.5 Å². The molecular weight excluding hydrogens is 478 g/mol. The first-order valence-electron chi connectivity index (χ1n) is 9.25. The predicted octanol–water partition coefficient (Wildman–Crippen LogP) is 4.45. The molecule has 2 aromatic rings. The summed E-state index contributed by atoms with van der Waals surface area (Å²) in [6.45, 7) is 1.54. The van der Waals surface area contributed by atoms with E-state index in [0.717, 1.165) is 16.7 Å². The number of hydrogen-bond donors (Lipinski definition) is 2. The van der Waals surface area contributed by atoms with Crippen molar-refractivity contribution < 1.29 is 18.8 Å². The maximum absolute atomic E-state index is 14.5. The molecule has 1 aliphatic rings. The maximum Gasteiger partial charge on any atom is 0.321 e. The second-order valence-corrected chi connectivity index (χ2v) is 8.64. The van der Waals surface area contributed by atoms with Crippen LogP contribution in [-0.4, -0.2) is 35.3 Å². The Morgan fingerprint density at radius 2 is 1.91 bits per heavy atom. The van der Waals surface area contributed by atoms with Gasteiger partial charge in [0.2, 0.25) is 5.91 Å². The summed E-state index contributed by atoms with van der Waals surface area (Å²) in [5.74, 6) is -1.81. The number of amides is 4. The van der Waals surface area contributed by atoms with Gasteiger partial charge >= 0.3 is 6.03 Å². The summed E-state index contributed by atoms with van der Waals surface area (Å²) in [5.41, 5.74) is 0.574. The van der Waals surface area contributed by atoms with Crippen molar-refractivity contribution in [3.63, 3.8) is 0 Å². The Bertz CT molecular complexity index is 1160. The molecule has 0 aliphatic carbocycles. The number of amidine groups is 1. The Labute approximate surface area is 197 Å². The number of imide groups is 1. The molecule has 7 nitrogen and oxygen atoms in total. The van der Waals surface area contributed by atoms with Crippen molar-refractivity contribution in [3.05, 3.63) is 69.6 Å². The maximum atomic E-state index is 14.5. The molecule has 11 heteroatoms. The number of carbonyl (C=O) groups is 3. The summed E-state index contributed by atoms with van der Waals surface area (Å²) < 4.78 is 14.5. The van der Waals surface area contributed by atoms with Crippen LogP contribution in [0.15, 0.2) is 53.2 Å². The monoisotopic (exact) mass is 494 g/mol. The van der Waals surface area contributed by atoms with Crippen LogP contribution in [-0.2, 0) is 9.59 Å². The number of hydrogen-bond acceptors (Lipinski definition) is 5. The smallest absolute Gasteiger partial charge is 0.321 e. The molecule has 0 radical (unpaired) electrons. The van der Waals surface area contributed by atoms with Gasteiger partial charge in [0.05, 0.1) is 21.0 Å². The van der Waals surface area contributed by atoms with Gasteiger partial charge in [0, 0.05) is 7.05 Å². The fraction of sp³-hybridized carbons (Fsp3) is 0.143. The highest BCUT2D eigenvalue weighted by Crippen LogP contribution is 2.33. The molecule has 1 atom stereocenters. The Morgan fingerprint density at radius 1 is 1.19 bits per heavy atom. The van der Waals surface area contributed by atoms with E-state index >= 15 is 0 Å². The van der Waals surface area contributed by atoms with E-state index in [4.69, 9.17) is 23.2 Å². The zero-order valence-corrected chi connectivity index (χ0v) is 19.2. The fourth-order valence-electron chi connectivity index (χ4n) is 2.67. The molecule has 2 aromatic carbocycles. The normalized spacial score (nSPS) is 15.5. The number of para-hydroxylation sites is 1. The first kappa shape index (κ1) is 23.8. The number of carbonyl (C=O) groups excluding carboxylic acids is 3. The largest absolute Gasteiger partial charge is 0.341 e. The number of thioether (sulfide) groups is 1. The molecule has 32 heavy (non-hydrogen) atoms. The third-order valence-corrected chi connectivity index (χ3v) is 6.08. The molecule has 2 N–H and O–H groups in total. The van der Waals surface area contributed by atoms with Crippen LogP contribution in [0.5, 0.6) is 0 Å². The third kappa shape index (κ3) is 5.29. The van der Waals surface area contributed by atoms with Gasteiger partial charge in [-0.2, -0.15) is 0 Å². The third-order valence-electron chi connectivity index (χ3n) is 4.29. The van der Waals surface area contributed by atoms with Crippen molar-refractivity contribution in [1.29, 1.82) is 0 Å². The van der Waals surface area contributed by atoms with Crippen molar-refractivity contribution in [1.82, 2.24) is 10.6 Å². The average molecular weight is 495 g/mol. The van der Waals surface area contributed by atoms with Crippen molar-refractivity contribution in [2.75, 3.05) is 11.9 Å². The minimum atomic E-state index is -0.808. The lowest BCUT2D eigenvalue weighted by molar-refractivity contribution is -0.119. The predicted molar refractivity (Wildman–Crippen MR) is 125 cm³/mol. The van der Waals surface area contributed by atoms with Crippen LogP contribution < -0.4 is 15.5 Å². The number of nitrogens with one attached hydrogen (secondary N) is 2. The molecule has 0 saturated heterocycles. The first-order valence-corrected chi connectivity index (χ1v) is 10.9. The van der Waals surface area contributed by atoms with Gasteiger partial charge in [-0.1, -0.05) is 53.2 Å². The topological polar surface area (TPSA) is 90.9 Å². The van der Waals surface area contributed by atoms with Crippen LogP contribution in [0.1, 0.15) is 12.5 Å². The second kappa shape index (κ2) is 10.2. The van der Waals surface area contributed by atoms with Crippen LogP contribution in [0.3, 0.4) is 0 Å². The first-order chi connectivity index (χ1) is 15.2. The molecule has 166 valence electrons. The molecule has 0 spiro atoms. The SMILES string of the molecule is CNC(=O)NC(=O)C(C)SC1=N/C(=C\c2ccc(Cl)c(Cl)c2)C(=O)N1c1ccccc1F. The van der Waals surface area contributed by atoms with Crippen molar-refractivity contribution in [2.45, 2.75) is 12.2 Å². The lowest BCUT2D eigenvalue weighted by Crippen LogP contribution is -2.42. The van der Waals surface area contributed by atoms with Crippen molar-refractivity contribution in [2.24, 2.45) is 4.99 Å². The number of nitrogens with zero attached hydrogens (tertiary/aromatic N) is 2. The molecule has 0 fully saturated rings. The molecule has 1 heterocycles. The van der Waals surface area contributed by atoms with E-state index in [-0.39, 0.29) is 16.6 Å². The molecule has 4 amide bonds. The van der Waals surface area contributed by atoms with Gasteiger partial charge < -0.3 is 5.32 Å². The van der Waals surface area contributed by atoms with Crippen LogP contribution in [0, 0.1) is 5.82 Å². The summed E-state index contributed by atoms with van der Waals surface area (Å²) in [6.07, 6.45) is 1.49.